The summed E-state index contributed by atoms with van der Waals surface area (Å²) < 4.78 is 0. The van der Waals surface area contributed by atoms with Crippen LogP contribution in [0.15, 0.2) is 47.6 Å². The summed E-state index contributed by atoms with van der Waals surface area (Å²) in [4.78, 5) is 0. The van der Waals surface area contributed by atoms with Crippen LogP contribution in [0.25, 0.3) is 0 Å². The average molecular weight is 315 g/mol. The van der Waals surface area contributed by atoms with Crippen LogP contribution in [0.2, 0.25) is 0 Å². The molecule has 0 fully saturated rings. The number of benzene rings is 1. The molecule has 0 aliphatic heterocycles. The average Bonchev–Trinajstić information content (AvgIpc) is 2.57. The molecule has 130 valence electrons. The molecular formula is C23H38. The van der Waals surface area contributed by atoms with Gasteiger partial charge in [0, 0.05) is 0 Å². The SMILES string of the molecule is CC.CCC1=CC=C(C(C)C)CC1.Cc1ccc(C(C)C)cc1. The minimum absolute atomic E-state index is 0.653. The third kappa shape index (κ3) is 8.79. The van der Waals surface area contributed by atoms with Crippen LogP contribution in [-0.4, -0.2) is 0 Å². The maximum absolute atomic E-state index is 2.31. The van der Waals surface area contributed by atoms with Gasteiger partial charge in [0.15, 0.2) is 0 Å². The molecule has 0 nitrogen and oxygen atoms in total. The fourth-order valence-corrected chi connectivity index (χ4v) is 2.42. The van der Waals surface area contributed by atoms with Crippen molar-refractivity contribution in [3.05, 3.63) is 58.7 Å². The first-order valence-corrected chi connectivity index (χ1v) is 9.39. The molecule has 0 aromatic heterocycles. The van der Waals surface area contributed by atoms with Crippen LogP contribution in [0.3, 0.4) is 0 Å². The van der Waals surface area contributed by atoms with Crippen molar-refractivity contribution in [3.8, 4) is 0 Å². The normalized spacial score (nSPS) is 13.5. The van der Waals surface area contributed by atoms with Crippen molar-refractivity contribution in [2.45, 2.75) is 80.6 Å². The predicted molar refractivity (Wildman–Crippen MR) is 107 cm³/mol. The summed E-state index contributed by atoms with van der Waals surface area (Å²) in [5.41, 5.74) is 5.98. The molecule has 0 spiro atoms. The van der Waals surface area contributed by atoms with Gasteiger partial charge in [-0.1, -0.05) is 102 Å². The minimum atomic E-state index is 0.653. The van der Waals surface area contributed by atoms with Crippen molar-refractivity contribution in [1.82, 2.24) is 0 Å². The molecule has 0 atom stereocenters. The van der Waals surface area contributed by atoms with Crippen LogP contribution in [0, 0.1) is 12.8 Å². The Hall–Kier alpha value is -1.30. The molecule has 0 radical (unpaired) electrons. The molecule has 1 aromatic carbocycles. The Bertz CT molecular complexity index is 469. The van der Waals surface area contributed by atoms with Crippen molar-refractivity contribution in [2.24, 2.45) is 5.92 Å². The largest absolute Gasteiger partial charge is 0.0702 e. The quantitative estimate of drug-likeness (QED) is 0.533. The minimum Gasteiger partial charge on any atom is -0.0702 e. The lowest BCUT2D eigenvalue weighted by Crippen LogP contribution is -1.98. The first-order chi connectivity index (χ1) is 10.9. The van der Waals surface area contributed by atoms with Crippen LogP contribution in [-0.2, 0) is 0 Å². The monoisotopic (exact) mass is 314 g/mol. The van der Waals surface area contributed by atoms with E-state index in [4.69, 9.17) is 0 Å². The van der Waals surface area contributed by atoms with Gasteiger partial charge in [-0.05, 0) is 43.6 Å². The van der Waals surface area contributed by atoms with Crippen LogP contribution >= 0.6 is 0 Å². The van der Waals surface area contributed by atoms with E-state index in [-0.39, 0.29) is 0 Å². The molecule has 0 unspecified atom stereocenters. The van der Waals surface area contributed by atoms with Gasteiger partial charge in [-0.3, -0.25) is 0 Å². The number of aryl methyl sites for hydroxylation is 1. The summed E-state index contributed by atoms with van der Waals surface area (Å²) in [5, 5.41) is 0. The zero-order valence-electron chi connectivity index (χ0n) is 16.7. The van der Waals surface area contributed by atoms with E-state index < -0.39 is 0 Å². The molecule has 0 saturated carbocycles. The highest BCUT2D eigenvalue weighted by atomic mass is 14.1. The molecule has 0 heterocycles. The van der Waals surface area contributed by atoms with Crippen molar-refractivity contribution in [2.75, 3.05) is 0 Å². The number of allylic oxidation sites excluding steroid dienone is 4. The Morgan fingerprint density at radius 3 is 1.74 bits per heavy atom. The fraction of sp³-hybridized carbons (Fsp3) is 0.565. The highest BCUT2D eigenvalue weighted by Gasteiger charge is 2.07. The van der Waals surface area contributed by atoms with E-state index in [1.165, 1.54) is 30.4 Å². The van der Waals surface area contributed by atoms with Gasteiger partial charge in [-0.15, -0.1) is 0 Å². The third-order valence-corrected chi connectivity index (χ3v) is 4.21. The molecule has 0 bridgehead atoms. The molecule has 1 aliphatic carbocycles. The topological polar surface area (TPSA) is 0 Å². The summed E-state index contributed by atoms with van der Waals surface area (Å²) >= 11 is 0. The molecular weight excluding hydrogens is 276 g/mol. The van der Waals surface area contributed by atoms with Crippen LogP contribution in [0.5, 0.6) is 0 Å². The molecule has 23 heavy (non-hydrogen) atoms. The van der Waals surface area contributed by atoms with E-state index in [9.17, 15) is 0 Å². The first-order valence-electron chi connectivity index (χ1n) is 9.39. The zero-order chi connectivity index (χ0) is 17.8. The van der Waals surface area contributed by atoms with Crippen LogP contribution in [0.1, 0.15) is 84.8 Å². The Labute approximate surface area is 145 Å². The van der Waals surface area contributed by atoms with E-state index in [0.717, 1.165) is 5.92 Å². The van der Waals surface area contributed by atoms with Crippen molar-refractivity contribution < 1.29 is 0 Å². The molecule has 2 rings (SSSR count). The number of hydrogen-bond acceptors (Lipinski definition) is 0. The maximum atomic E-state index is 2.31. The van der Waals surface area contributed by atoms with Gasteiger partial charge in [-0.2, -0.15) is 0 Å². The summed E-state index contributed by atoms with van der Waals surface area (Å²) in [6, 6.07) is 8.71. The highest BCUT2D eigenvalue weighted by Crippen LogP contribution is 2.25. The molecule has 0 heteroatoms. The number of hydrogen-bond donors (Lipinski definition) is 0. The summed E-state index contributed by atoms with van der Waals surface area (Å²) in [6.07, 6.45) is 8.42. The van der Waals surface area contributed by atoms with E-state index in [1.807, 2.05) is 13.8 Å². The van der Waals surface area contributed by atoms with Gasteiger partial charge in [0.2, 0.25) is 0 Å². The standard InChI is InChI=1S/C11H18.C10H14.C2H6/c1-4-10-5-7-11(8-6-10)9(2)3;1-8(2)10-6-4-9(3)5-7-10;1-2/h5,7,9H,4,6,8H2,1-3H3;4-8H,1-3H3;1-2H3. The molecule has 1 aliphatic rings. The number of rotatable bonds is 3. The van der Waals surface area contributed by atoms with Gasteiger partial charge in [0.05, 0.1) is 0 Å². The lowest BCUT2D eigenvalue weighted by Gasteiger charge is -2.16. The Kier molecular flexibility index (Phi) is 11.5. The van der Waals surface area contributed by atoms with E-state index >= 15 is 0 Å². The Morgan fingerprint density at radius 1 is 0.826 bits per heavy atom. The smallest absolute Gasteiger partial charge is 0.0219 e. The van der Waals surface area contributed by atoms with Crippen molar-refractivity contribution >= 4 is 0 Å². The predicted octanol–water partition coefficient (Wildman–Crippen LogP) is 7.84. The fourth-order valence-electron chi connectivity index (χ4n) is 2.42. The summed E-state index contributed by atoms with van der Waals surface area (Å²) in [6.45, 7) is 17.3. The van der Waals surface area contributed by atoms with Gasteiger partial charge in [-0.25, -0.2) is 0 Å². The van der Waals surface area contributed by atoms with Gasteiger partial charge < -0.3 is 0 Å². The highest BCUT2D eigenvalue weighted by molar-refractivity contribution is 5.25. The molecule has 1 aromatic rings. The lowest BCUT2D eigenvalue weighted by molar-refractivity contribution is 0.693. The van der Waals surface area contributed by atoms with E-state index in [1.54, 1.807) is 11.1 Å². The first kappa shape index (κ1) is 21.7. The van der Waals surface area contributed by atoms with Gasteiger partial charge in [0.1, 0.15) is 0 Å². The van der Waals surface area contributed by atoms with Crippen LogP contribution in [0.4, 0.5) is 0 Å². The third-order valence-electron chi connectivity index (χ3n) is 4.21. The van der Waals surface area contributed by atoms with Crippen molar-refractivity contribution in [3.63, 3.8) is 0 Å². The Balaban J connectivity index is 0.000000381. The van der Waals surface area contributed by atoms with E-state index in [0.29, 0.717) is 5.92 Å². The second kappa shape index (κ2) is 12.2. The summed E-state index contributed by atoms with van der Waals surface area (Å²) in [5.74, 6) is 1.39. The zero-order valence-corrected chi connectivity index (χ0v) is 16.7. The molecule has 0 amide bonds. The summed E-state index contributed by atoms with van der Waals surface area (Å²) in [7, 11) is 0. The van der Waals surface area contributed by atoms with Crippen LogP contribution < -0.4 is 0 Å². The second-order valence-corrected chi connectivity index (χ2v) is 6.64. The van der Waals surface area contributed by atoms with Gasteiger partial charge >= 0.3 is 0 Å². The van der Waals surface area contributed by atoms with Crippen molar-refractivity contribution in [1.29, 1.82) is 0 Å². The Morgan fingerprint density at radius 2 is 1.39 bits per heavy atom. The molecule has 0 N–H and O–H groups in total. The maximum Gasteiger partial charge on any atom is -0.0219 e. The van der Waals surface area contributed by atoms with E-state index in [2.05, 4.69) is 78.0 Å². The second-order valence-electron chi connectivity index (χ2n) is 6.64. The lowest BCUT2D eigenvalue weighted by atomic mass is 9.90. The molecule has 0 saturated heterocycles. The van der Waals surface area contributed by atoms with Gasteiger partial charge in [0.25, 0.3) is 0 Å².